The number of imidazole rings is 1. The number of rotatable bonds is 4. The molecule has 1 fully saturated rings. The van der Waals surface area contributed by atoms with E-state index in [1.807, 2.05) is 10.6 Å². The van der Waals surface area contributed by atoms with E-state index in [1.54, 1.807) is 24.5 Å². The van der Waals surface area contributed by atoms with Gasteiger partial charge in [-0.1, -0.05) is 28.9 Å². The van der Waals surface area contributed by atoms with Crippen molar-refractivity contribution >= 4 is 22.8 Å². The van der Waals surface area contributed by atoms with Crippen LogP contribution in [0.5, 0.6) is 0 Å². The summed E-state index contributed by atoms with van der Waals surface area (Å²) in [5, 5.41) is 4.16. The highest BCUT2D eigenvalue weighted by atomic mass is 35.5. The van der Waals surface area contributed by atoms with Gasteiger partial charge in [-0.2, -0.15) is 13.2 Å². The van der Waals surface area contributed by atoms with E-state index in [1.165, 1.54) is 0 Å². The van der Waals surface area contributed by atoms with Crippen LogP contribution in [-0.4, -0.2) is 35.8 Å². The first-order valence-corrected chi connectivity index (χ1v) is 10.8. The van der Waals surface area contributed by atoms with Crippen LogP contribution < -0.4 is 5.76 Å². The van der Waals surface area contributed by atoms with Crippen LogP contribution in [-0.2, 0) is 6.54 Å². The van der Waals surface area contributed by atoms with E-state index < -0.39 is 17.9 Å². The van der Waals surface area contributed by atoms with Crippen molar-refractivity contribution in [1.29, 1.82) is 0 Å². The molecule has 0 saturated heterocycles. The number of aromatic nitrogens is 6. The summed E-state index contributed by atoms with van der Waals surface area (Å²) in [5.41, 5.74) is 2.21. The zero-order valence-electron chi connectivity index (χ0n) is 17.1. The van der Waals surface area contributed by atoms with E-state index in [0.717, 1.165) is 0 Å². The second-order valence-electron chi connectivity index (χ2n) is 8.18. The second kappa shape index (κ2) is 8.29. The molecule has 0 amide bonds. The number of hydrogen-bond acceptors (Lipinski definition) is 6. The zero-order valence-corrected chi connectivity index (χ0v) is 17.9. The first kappa shape index (κ1) is 21.6. The topological polar surface area (TPSA) is 102 Å². The van der Waals surface area contributed by atoms with Crippen molar-refractivity contribution in [2.45, 2.75) is 38.4 Å². The molecule has 5 rings (SSSR count). The third-order valence-corrected chi connectivity index (χ3v) is 6.22. The molecule has 0 atom stereocenters. The number of aromatic amines is 1. The van der Waals surface area contributed by atoms with Gasteiger partial charge in [-0.05, 0) is 43.7 Å². The quantitative estimate of drug-likeness (QED) is 0.449. The maximum absolute atomic E-state index is 13.0. The maximum atomic E-state index is 13.0. The Labute approximate surface area is 189 Å². The van der Waals surface area contributed by atoms with Crippen LogP contribution in [0.1, 0.15) is 25.7 Å². The summed E-state index contributed by atoms with van der Waals surface area (Å²) in [5.74, 6) is -1.70. The summed E-state index contributed by atoms with van der Waals surface area (Å²) in [4.78, 5) is 27.2. The number of nitrogens with one attached hydrogen (secondary N) is 1. The first-order chi connectivity index (χ1) is 15.8. The molecule has 0 bridgehead atoms. The summed E-state index contributed by atoms with van der Waals surface area (Å²) in [7, 11) is 0. The Kier molecular flexibility index (Phi) is 5.43. The minimum atomic E-state index is -4.14. The monoisotopic (exact) mass is 478 g/mol. The van der Waals surface area contributed by atoms with Gasteiger partial charge >= 0.3 is 11.9 Å². The highest BCUT2D eigenvalue weighted by Gasteiger charge is 2.41. The van der Waals surface area contributed by atoms with Gasteiger partial charge in [-0.25, -0.2) is 19.7 Å². The van der Waals surface area contributed by atoms with Gasteiger partial charge in [0.2, 0.25) is 11.6 Å². The normalized spacial score (nSPS) is 19.3. The molecule has 3 heterocycles. The number of nitrogens with zero attached hydrogens (tertiary/aromatic N) is 5. The maximum Gasteiger partial charge on any atom is 0.439 e. The van der Waals surface area contributed by atoms with Gasteiger partial charge in [0.25, 0.3) is 0 Å². The van der Waals surface area contributed by atoms with Crippen LogP contribution in [0.3, 0.4) is 0 Å². The fourth-order valence-electron chi connectivity index (χ4n) is 4.34. The minimum Gasteiger partial charge on any atom is -0.327 e. The van der Waals surface area contributed by atoms with Crippen molar-refractivity contribution in [3.8, 4) is 22.9 Å². The van der Waals surface area contributed by atoms with E-state index in [2.05, 4.69) is 29.6 Å². The van der Waals surface area contributed by atoms with Gasteiger partial charge in [0.1, 0.15) is 11.2 Å². The predicted molar refractivity (Wildman–Crippen MR) is 113 cm³/mol. The van der Waals surface area contributed by atoms with Crippen LogP contribution in [0, 0.1) is 11.8 Å². The van der Waals surface area contributed by atoms with E-state index in [4.69, 9.17) is 11.6 Å². The zero-order chi connectivity index (χ0) is 23.2. The van der Waals surface area contributed by atoms with Gasteiger partial charge in [0.05, 0.1) is 12.2 Å². The Bertz CT molecular complexity index is 1350. The van der Waals surface area contributed by atoms with Crippen LogP contribution in [0.15, 0.2) is 39.9 Å². The molecule has 1 N–H and O–H groups in total. The molecule has 0 aliphatic heterocycles. The van der Waals surface area contributed by atoms with Crippen LogP contribution in [0.4, 0.5) is 13.2 Å². The number of alkyl halides is 3. The summed E-state index contributed by atoms with van der Waals surface area (Å²) < 4.78 is 45.5. The summed E-state index contributed by atoms with van der Waals surface area (Å²) in [6.45, 7) is 0.498. The lowest BCUT2D eigenvalue weighted by Gasteiger charge is -2.30. The molecule has 1 aromatic carbocycles. The van der Waals surface area contributed by atoms with Crippen molar-refractivity contribution in [2.24, 2.45) is 11.8 Å². The molecule has 0 radical (unpaired) electrons. The molecule has 4 aromatic rings. The van der Waals surface area contributed by atoms with E-state index in [9.17, 15) is 18.0 Å². The van der Waals surface area contributed by atoms with Crippen molar-refractivity contribution in [3.63, 3.8) is 0 Å². The third kappa shape index (κ3) is 4.37. The SMILES string of the molecule is O=c1[nH]c(-c2nc(-c3cccc(Cl)c3)c3c(ncn3C[C@H]3CC[C@H](C(F)(F)F)CC3)n2)no1. The van der Waals surface area contributed by atoms with Gasteiger partial charge in [0.15, 0.2) is 5.65 Å². The van der Waals surface area contributed by atoms with Gasteiger partial charge in [-0.15, -0.1) is 0 Å². The molecule has 12 heteroatoms. The Morgan fingerprint density at radius 2 is 1.97 bits per heavy atom. The molecule has 0 spiro atoms. The molecule has 0 unspecified atom stereocenters. The smallest absolute Gasteiger partial charge is 0.327 e. The lowest BCUT2D eigenvalue weighted by Crippen LogP contribution is -2.29. The van der Waals surface area contributed by atoms with Crippen LogP contribution in [0.2, 0.25) is 5.02 Å². The minimum absolute atomic E-state index is 0.0604. The summed E-state index contributed by atoms with van der Waals surface area (Å²) in [6.07, 6.45) is -1.31. The highest BCUT2D eigenvalue weighted by molar-refractivity contribution is 6.30. The fraction of sp³-hybridized carbons (Fsp3) is 0.381. The molecular formula is C21H18ClF3N6O2. The van der Waals surface area contributed by atoms with Gasteiger partial charge in [-0.3, -0.25) is 9.51 Å². The Morgan fingerprint density at radius 1 is 1.18 bits per heavy atom. The predicted octanol–water partition coefficient (Wildman–Crippen LogP) is 4.86. The van der Waals surface area contributed by atoms with E-state index in [-0.39, 0.29) is 30.4 Å². The molecule has 1 aliphatic carbocycles. The molecule has 33 heavy (non-hydrogen) atoms. The summed E-state index contributed by atoms with van der Waals surface area (Å²) >= 11 is 6.19. The number of H-pyrrole nitrogens is 1. The van der Waals surface area contributed by atoms with Crippen LogP contribution in [0.25, 0.3) is 34.1 Å². The van der Waals surface area contributed by atoms with Crippen molar-refractivity contribution in [3.05, 3.63) is 46.2 Å². The molecule has 1 aliphatic rings. The van der Waals surface area contributed by atoms with Crippen LogP contribution >= 0.6 is 11.6 Å². The Morgan fingerprint density at radius 3 is 2.64 bits per heavy atom. The summed E-state index contributed by atoms with van der Waals surface area (Å²) in [6, 6.07) is 7.08. The third-order valence-electron chi connectivity index (χ3n) is 5.99. The average molecular weight is 479 g/mol. The Hall–Kier alpha value is -3.21. The lowest BCUT2D eigenvalue weighted by molar-refractivity contribution is -0.184. The molecular weight excluding hydrogens is 461 g/mol. The first-order valence-electron chi connectivity index (χ1n) is 10.4. The average Bonchev–Trinajstić information content (AvgIpc) is 3.39. The van der Waals surface area contributed by atoms with Crippen molar-refractivity contribution < 1.29 is 17.7 Å². The molecule has 1 saturated carbocycles. The fourth-order valence-corrected chi connectivity index (χ4v) is 4.53. The van der Waals surface area contributed by atoms with Crippen molar-refractivity contribution in [1.82, 2.24) is 29.7 Å². The number of hydrogen-bond donors (Lipinski definition) is 1. The molecule has 3 aromatic heterocycles. The van der Waals surface area contributed by atoms with E-state index in [0.29, 0.717) is 46.8 Å². The number of fused-ring (bicyclic) bond motifs is 1. The van der Waals surface area contributed by atoms with Gasteiger partial charge < -0.3 is 4.57 Å². The number of benzene rings is 1. The lowest BCUT2D eigenvalue weighted by atomic mass is 9.81. The molecule has 8 nitrogen and oxygen atoms in total. The Balaban J connectivity index is 1.54. The standard InChI is InChI=1S/C21H18ClF3N6O2/c22-14-3-1-2-12(8-14)15-16-17(28-18(27-15)19-29-20(32)33-30-19)26-10-31(16)9-11-4-6-13(7-5-11)21(23,24)25/h1-3,8,10-11,13H,4-7,9H2,(H,29,30,32)/t11-,13-. The van der Waals surface area contributed by atoms with Crippen molar-refractivity contribution in [2.75, 3.05) is 0 Å². The highest BCUT2D eigenvalue weighted by Crippen LogP contribution is 2.40. The van der Waals surface area contributed by atoms with E-state index >= 15 is 0 Å². The number of halogens is 4. The largest absolute Gasteiger partial charge is 0.439 e. The second-order valence-corrected chi connectivity index (χ2v) is 8.61. The van der Waals surface area contributed by atoms with Gasteiger partial charge in [0, 0.05) is 17.1 Å². The molecule has 172 valence electrons.